The van der Waals surface area contributed by atoms with Gasteiger partial charge in [-0.15, -0.1) is 10.2 Å². The number of anilines is 2. The predicted molar refractivity (Wildman–Crippen MR) is 184 cm³/mol. The van der Waals surface area contributed by atoms with Gasteiger partial charge in [0, 0.05) is 28.1 Å². The fourth-order valence-electron chi connectivity index (χ4n) is 5.35. The van der Waals surface area contributed by atoms with E-state index in [9.17, 15) is 0 Å². The predicted octanol–water partition coefficient (Wildman–Crippen LogP) is 4.76. The van der Waals surface area contributed by atoms with Crippen LogP contribution in [0, 0.1) is 10.8 Å². The van der Waals surface area contributed by atoms with E-state index in [1.165, 1.54) is 0 Å². The van der Waals surface area contributed by atoms with Crippen molar-refractivity contribution >= 4 is 56.1 Å². The van der Waals surface area contributed by atoms with Crippen LogP contribution < -0.4 is 39.3 Å². The second-order valence-electron chi connectivity index (χ2n) is 10.5. The second-order valence-corrected chi connectivity index (χ2v) is 10.5. The van der Waals surface area contributed by atoms with E-state index in [1.807, 2.05) is 66.7 Å². The molecule has 0 amide bonds. The van der Waals surface area contributed by atoms with Crippen molar-refractivity contribution in [1.82, 2.24) is 0 Å². The van der Waals surface area contributed by atoms with E-state index in [1.54, 1.807) is 24.3 Å². The van der Waals surface area contributed by atoms with Crippen LogP contribution in [0.1, 0.15) is 18.1 Å². The average molecular weight is 642 g/mol. The molecule has 6 aromatic rings. The first-order chi connectivity index (χ1) is 22.4. The number of nitrogen functional groups attached to an aromatic ring is 2. The fraction of sp³-hybridized carbons (Fsp3) is 0.0571. The van der Waals surface area contributed by atoms with Gasteiger partial charge in [-0.25, -0.2) is 0 Å². The van der Waals surface area contributed by atoms with Crippen LogP contribution in [0.25, 0.3) is 32.9 Å². The highest BCUT2D eigenvalue weighted by Gasteiger charge is 2.23. The van der Waals surface area contributed by atoms with Gasteiger partial charge in [-0.2, -0.15) is 4.57 Å². The molecule has 0 radical (unpaired) electrons. The van der Waals surface area contributed by atoms with Crippen LogP contribution in [0.4, 0.5) is 22.7 Å². The molecule has 0 unspecified atom stereocenters. The molecule has 0 aliphatic carbocycles. The number of fused-ring (bicyclic) bond motifs is 3. The first-order valence-electron chi connectivity index (χ1n) is 14.6. The molecule has 0 fully saturated rings. The normalized spacial score (nSPS) is 11.2. The number of halogens is 1. The number of rotatable bonds is 10. The van der Waals surface area contributed by atoms with Gasteiger partial charge in [0.2, 0.25) is 11.2 Å². The number of benzene rings is 5. The van der Waals surface area contributed by atoms with Crippen molar-refractivity contribution < 1.29 is 17.0 Å². The van der Waals surface area contributed by atoms with E-state index in [-0.39, 0.29) is 24.1 Å². The molecule has 0 bridgehead atoms. The number of hydrogen-bond donors (Lipinski definition) is 6. The molecule has 0 spiro atoms. The summed E-state index contributed by atoms with van der Waals surface area (Å²) in [6.07, 6.45) is 0. The molecule has 0 aliphatic heterocycles. The quantitative estimate of drug-likeness (QED) is 0.0316. The largest absolute Gasteiger partial charge is 1.00 e. The monoisotopic (exact) mass is 641 g/mol. The van der Waals surface area contributed by atoms with Crippen molar-refractivity contribution in [2.24, 2.45) is 32.1 Å². The lowest BCUT2D eigenvalue weighted by Gasteiger charge is -2.12. The highest BCUT2D eigenvalue weighted by Crippen LogP contribution is 2.35. The number of pyridine rings is 1. The Hall–Kier alpha value is -6.20. The van der Waals surface area contributed by atoms with E-state index in [0.717, 1.165) is 32.9 Å². The van der Waals surface area contributed by atoms with Gasteiger partial charge >= 0.3 is 0 Å². The van der Waals surface area contributed by atoms with Gasteiger partial charge < -0.3 is 23.9 Å². The molecule has 11 nitrogen and oxygen atoms in total. The third-order valence-corrected chi connectivity index (χ3v) is 7.49. The second kappa shape index (κ2) is 14.3. The molecule has 8 N–H and O–H groups in total. The fourth-order valence-corrected chi connectivity index (χ4v) is 5.35. The first kappa shape index (κ1) is 32.2. The lowest BCUT2D eigenvalue weighted by molar-refractivity contribution is -0.655. The van der Waals surface area contributed by atoms with Crippen LogP contribution in [0.3, 0.4) is 0 Å². The van der Waals surface area contributed by atoms with Crippen molar-refractivity contribution in [2.75, 3.05) is 10.9 Å². The zero-order valence-corrected chi connectivity index (χ0v) is 26.2. The van der Waals surface area contributed by atoms with Gasteiger partial charge in [-0.3, -0.25) is 21.7 Å². The summed E-state index contributed by atoms with van der Waals surface area (Å²) in [5.41, 5.74) is 24.2. The molecule has 5 aromatic carbocycles. The maximum Gasteiger partial charge on any atom is 0.220 e. The maximum absolute atomic E-state index is 7.67. The molecule has 0 saturated heterocycles. The third-order valence-electron chi connectivity index (χ3n) is 7.49. The topological polar surface area (TPSA) is 177 Å². The summed E-state index contributed by atoms with van der Waals surface area (Å²) >= 11 is 0. The van der Waals surface area contributed by atoms with Crippen LogP contribution >= 0.6 is 0 Å². The summed E-state index contributed by atoms with van der Waals surface area (Å²) in [6.45, 7) is 2.84. The molecular formula is C35H32ClN11. The summed E-state index contributed by atoms with van der Waals surface area (Å²) in [7, 11) is 0. The number of amidine groups is 2. The van der Waals surface area contributed by atoms with Gasteiger partial charge in [0.25, 0.3) is 0 Å². The molecule has 1 heterocycles. The molecular weight excluding hydrogens is 610 g/mol. The minimum absolute atomic E-state index is 0. The number of hydrogen-bond acceptors (Lipinski definition) is 6. The Morgan fingerprint density at radius 2 is 1.19 bits per heavy atom. The van der Waals surface area contributed by atoms with Crippen molar-refractivity contribution in [1.29, 1.82) is 10.8 Å². The Kier molecular flexibility index (Phi) is 9.78. The lowest BCUT2D eigenvalue weighted by atomic mass is 9.98. The van der Waals surface area contributed by atoms with Crippen LogP contribution in [-0.4, -0.2) is 11.7 Å². The van der Waals surface area contributed by atoms with E-state index in [2.05, 4.69) is 67.3 Å². The molecule has 0 saturated carbocycles. The highest BCUT2D eigenvalue weighted by atomic mass is 35.5. The Labute approximate surface area is 277 Å². The Bertz CT molecular complexity index is 2160. The van der Waals surface area contributed by atoms with Gasteiger partial charge in [-0.05, 0) is 67.6 Å². The van der Waals surface area contributed by atoms with Gasteiger partial charge in [0.1, 0.15) is 18.2 Å². The van der Waals surface area contributed by atoms with Gasteiger partial charge in [-0.1, -0.05) is 59.0 Å². The molecule has 12 heteroatoms. The zero-order valence-electron chi connectivity index (χ0n) is 25.4. The molecule has 234 valence electrons. The number of nitrogens with two attached hydrogens (primary N) is 2. The summed E-state index contributed by atoms with van der Waals surface area (Å²) in [6, 6.07) is 36.7. The number of aryl methyl sites for hydroxylation is 1. The van der Waals surface area contributed by atoms with Crippen molar-refractivity contribution in [3.05, 3.63) is 126 Å². The first-order valence-corrected chi connectivity index (χ1v) is 14.6. The highest BCUT2D eigenvalue weighted by molar-refractivity contribution is 6.10. The number of nitrogens with one attached hydrogen (secondary N) is 4. The summed E-state index contributed by atoms with van der Waals surface area (Å²) in [4.78, 5) is 0. The van der Waals surface area contributed by atoms with Crippen molar-refractivity contribution in [3.63, 3.8) is 0 Å². The standard InChI is InChI=1S/C35H31N11.ClH/c1-2-46-32-21-28(43-45-41-26-13-7-11-24(19-26)35(38)39)15-17-30(32)29-16-14-27(20-31(29)33(46)22-8-4-3-5-9-22)42-44-40-25-12-6-10-23(18-25)34(36)37;/h3-21H,2H2,1H3,(H7,36,37,38,39,40,42);1H. The van der Waals surface area contributed by atoms with E-state index in [0.29, 0.717) is 40.4 Å². The average Bonchev–Trinajstić information content (AvgIpc) is 3.08. The van der Waals surface area contributed by atoms with E-state index in [4.69, 9.17) is 22.3 Å². The Balaban J connectivity index is 0.00000433. The molecule has 6 rings (SSSR count). The Morgan fingerprint density at radius 1 is 0.638 bits per heavy atom. The Morgan fingerprint density at radius 3 is 1.74 bits per heavy atom. The zero-order chi connectivity index (χ0) is 32.0. The molecule has 0 atom stereocenters. The van der Waals surface area contributed by atoms with Crippen LogP contribution in [-0.2, 0) is 6.54 Å². The van der Waals surface area contributed by atoms with Crippen molar-refractivity contribution in [2.45, 2.75) is 13.5 Å². The van der Waals surface area contributed by atoms with Crippen LogP contribution in [0.15, 0.2) is 136 Å². The maximum atomic E-state index is 7.67. The molecule has 0 aliphatic rings. The number of aromatic nitrogens is 1. The molecule has 1 aromatic heterocycles. The minimum Gasteiger partial charge on any atom is -1.00 e. The SMILES string of the molecule is CC[n+]1c(-c2ccccc2)c2cc(N=NNc3cccc(C(=N)N)c3)ccc2c2ccc(N=NNc3cccc(C(=N)N)c3)cc21.[Cl-]. The lowest BCUT2D eigenvalue weighted by Crippen LogP contribution is -3.00. The van der Waals surface area contributed by atoms with Gasteiger partial charge in [0.05, 0.1) is 33.5 Å². The van der Waals surface area contributed by atoms with Crippen molar-refractivity contribution in [3.8, 4) is 11.3 Å². The van der Waals surface area contributed by atoms with Crippen LogP contribution in [0.5, 0.6) is 0 Å². The third kappa shape index (κ3) is 7.05. The van der Waals surface area contributed by atoms with E-state index < -0.39 is 0 Å². The molecule has 47 heavy (non-hydrogen) atoms. The summed E-state index contributed by atoms with van der Waals surface area (Å²) in [5.74, 6) is -0.0210. The van der Waals surface area contributed by atoms with E-state index >= 15 is 0 Å². The van der Waals surface area contributed by atoms with Crippen LogP contribution in [0.2, 0.25) is 0 Å². The smallest absolute Gasteiger partial charge is 0.220 e. The minimum atomic E-state index is -0.0108. The summed E-state index contributed by atoms with van der Waals surface area (Å²) in [5, 5.41) is 35.8. The van der Waals surface area contributed by atoms with Gasteiger partial charge in [0.15, 0.2) is 0 Å². The summed E-state index contributed by atoms with van der Waals surface area (Å²) < 4.78 is 2.28. The number of nitrogens with zero attached hydrogens (tertiary/aromatic N) is 5.